The summed E-state index contributed by atoms with van der Waals surface area (Å²) in [5, 5.41) is 4.45. The zero-order valence-corrected chi connectivity index (χ0v) is 14.1. The monoisotopic (exact) mass is 326 g/mol. The maximum atomic E-state index is 5.87. The highest BCUT2D eigenvalue weighted by Crippen LogP contribution is 2.27. The summed E-state index contributed by atoms with van der Waals surface area (Å²) in [5.74, 6) is 2.47. The van der Waals surface area contributed by atoms with Crippen LogP contribution in [0.15, 0.2) is 22.7 Å². The van der Waals surface area contributed by atoms with E-state index in [9.17, 15) is 0 Å². The van der Waals surface area contributed by atoms with Crippen molar-refractivity contribution in [1.29, 1.82) is 0 Å². The third-order valence-electron chi connectivity index (χ3n) is 4.57. The fourth-order valence-corrected chi connectivity index (χ4v) is 3.46. The first-order valence-corrected chi connectivity index (χ1v) is 8.59. The summed E-state index contributed by atoms with van der Waals surface area (Å²) < 4.78 is 7.89. The van der Waals surface area contributed by atoms with Crippen molar-refractivity contribution in [2.75, 3.05) is 18.0 Å². The molecule has 7 heteroatoms. The molecular weight excluding hydrogens is 304 g/mol. The molecule has 1 atom stereocenters. The first-order chi connectivity index (χ1) is 11.7. The molecule has 0 spiro atoms. The van der Waals surface area contributed by atoms with Crippen molar-refractivity contribution in [3.05, 3.63) is 30.0 Å². The maximum absolute atomic E-state index is 5.87. The zero-order valence-electron chi connectivity index (χ0n) is 14.1. The molecule has 0 aromatic carbocycles. The molecule has 0 saturated carbocycles. The van der Waals surface area contributed by atoms with Gasteiger partial charge in [0.25, 0.3) is 6.01 Å². The number of aromatic nitrogens is 5. The van der Waals surface area contributed by atoms with Crippen LogP contribution in [0.1, 0.15) is 31.4 Å². The maximum Gasteiger partial charge on any atom is 0.299 e. The van der Waals surface area contributed by atoms with Crippen molar-refractivity contribution in [3.63, 3.8) is 0 Å². The number of pyridine rings is 1. The van der Waals surface area contributed by atoms with E-state index in [1.165, 1.54) is 6.42 Å². The van der Waals surface area contributed by atoms with Crippen molar-refractivity contribution in [3.8, 4) is 0 Å². The van der Waals surface area contributed by atoms with Gasteiger partial charge in [-0.1, -0.05) is 0 Å². The van der Waals surface area contributed by atoms with Crippen LogP contribution in [0.2, 0.25) is 0 Å². The summed E-state index contributed by atoms with van der Waals surface area (Å²) in [7, 11) is 0. The van der Waals surface area contributed by atoms with E-state index in [1.54, 1.807) is 6.20 Å². The fraction of sp³-hybridized carbons (Fsp3) is 0.529. The minimum atomic E-state index is 0.538. The number of oxazole rings is 1. The number of hydrogen-bond donors (Lipinski definition) is 0. The molecule has 1 aliphatic rings. The van der Waals surface area contributed by atoms with Gasteiger partial charge in [-0.2, -0.15) is 10.1 Å². The lowest BCUT2D eigenvalue weighted by Gasteiger charge is -2.31. The van der Waals surface area contributed by atoms with Gasteiger partial charge in [0, 0.05) is 32.3 Å². The van der Waals surface area contributed by atoms with Crippen LogP contribution in [0, 0.1) is 12.8 Å². The summed E-state index contributed by atoms with van der Waals surface area (Å²) in [4.78, 5) is 15.6. The van der Waals surface area contributed by atoms with E-state index in [4.69, 9.17) is 4.42 Å². The molecule has 1 fully saturated rings. The van der Waals surface area contributed by atoms with Crippen LogP contribution in [0.25, 0.3) is 11.2 Å². The summed E-state index contributed by atoms with van der Waals surface area (Å²) in [6.07, 6.45) is 5.03. The highest BCUT2D eigenvalue weighted by atomic mass is 16.4. The minimum Gasteiger partial charge on any atom is -0.422 e. The molecule has 1 aliphatic heterocycles. The van der Waals surface area contributed by atoms with Gasteiger partial charge >= 0.3 is 0 Å². The second kappa shape index (κ2) is 6.22. The zero-order chi connectivity index (χ0) is 16.5. The van der Waals surface area contributed by atoms with Crippen LogP contribution < -0.4 is 4.90 Å². The Labute approximate surface area is 140 Å². The lowest BCUT2D eigenvalue weighted by molar-refractivity contribution is 0.382. The van der Waals surface area contributed by atoms with Gasteiger partial charge in [-0.25, -0.2) is 9.97 Å². The molecule has 4 rings (SSSR count). The van der Waals surface area contributed by atoms with Crippen molar-refractivity contribution in [1.82, 2.24) is 24.7 Å². The Balaban J connectivity index is 1.50. The normalized spacial score (nSPS) is 18.4. The van der Waals surface area contributed by atoms with E-state index >= 15 is 0 Å². The molecule has 3 aromatic rings. The first-order valence-electron chi connectivity index (χ1n) is 8.59. The average molecular weight is 326 g/mol. The molecule has 0 amide bonds. The number of piperidine rings is 1. The quantitative estimate of drug-likeness (QED) is 0.734. The number of anilines is 1. The van der Waals surface area contributed by atoms with Crippen LogP contribution in [0.4, 0.5) is 6.01 Å². The number of hydrogen-bond acceptors (Lipinski definition) is 6. The van der Waals surface area contributed by atoms with E-state index in [1.807, 2.05) is 23.7 Å². The molecule has 0 bridgehead atoms. The number of aryl methyl sites for hydroxylation is 2. The molecule has 1 unspecified atom stereocenters. The van der Waals surface area contributed by atoms with Gasteiger partial charge in [0.05, 0.1) is 0 Å². The van der Waals surface area contributed by atoms with E-state index < -0.39 is 0 Å². The molecule has 24 heavy (non-hydrogen) atoms. The molecule has 126 valence electrons. The van der Waals surface area contributed by atoms with Crippen molar-refractivity contribution in [2.24, 2.45) is 5.92 Å². The molecule has 0 N–H and O–H groups in total. The van der Waals surface area contributed by atoms with E-state index in [0.717, 1.165) is 49.7 Å². The Bertz CT molecular complexity index is 806. The Morgan fingerprint density at radius 2 is 2.25 bits per heavy atom. The molecule has 1 saturated heterocycles. The van der Waals surface area contributed by atoms with Crippen LogP contribution in [-0.4, -0.2) is 37.8 Å². The van der Waals surface area contributed by atoms with Crippen molar-refractivity contribution < 1.29 is 4.42 Å². The molecule has 0 aliphatic carbocycles. The third-order valence-corrected chi connectivity index (χ3v) is 4.57. The first kappa shape index (κ1) is 15.1. The van der Waals surface area contributed by atoms with Gasteiger partial charge in [0.15, 0.2) is 5.58 Å². The predicted octanol–water partition coefficient (Wildman–Crippen LogP) is 2.60. The highest BCUT2D eigenvalue weighted by Gasteiger charge is 2.25. The SMILES string of the molecule is CCn1nc(C)nc1CC1CCCN(c2nc3ncccc3o2)C1. The molecule has 3 aromatic heterocycles. The lowest BCUT2D eigenvalue weighted by atomic mass is 9.94. The van der Waals surface area contributed by atoms with Crippen molar-refractivity contribution in [2.45, 2.75) is 39.7 Å². The summed E-state index contributed by atoms with van der Waals surface area (Å²) in [5.41, 5.74) is 1.42. The van der Waals surface area contributed by atoms with Crippen LogP contribution in [-0.2, 0) is 13.0 Å². The van der Waals surface area contributed by atoms with Gasteiger partial charge in [-0.3, -0.25) is 4.68 Å². The van der Waals surface area contributed by atoms with Gasteiger partial charge < -0.3 is 9.32 Å². The average Bonchev–Trinajstić information content (AvgIpc) is 3.18. The third kappa shape index (κ3) is 2.86. The lowest BCUT2D eigenvalue weighted by Crippen LogP contribution is -2.36. The van der Waals surface area contributed by atoms with Gasteiger partial charge in [-0.05, 0) is 44.7 Å². The van der Waals surface area contributed by atoms with Crippen LogP contribution in [0.5, 0.6) is 0 Å². The molecule has 4 heterocycles. The fourth-order valence-electron chi connectivity index (χ4n) is 3.46. The Morgan fingerprint density at radius 1 is 1.33 bits per heavy atom. The van der Waals surface area contributed by atoms with Crippen LogP contribution in [0.3, 0.4) is 0 Å². The van der Waals surface area contributed by atoms with Crippen LogP contribution >= 0.6 is 0 Å². The summed E-state index contributed by atoms with van der Waals surface area (Å²) in [6, 6.07) is 4.46. The smallest absolute Gasteiger partial charge is 0.299 e. The number of fused-ring (bicyclic) bond motifs is 1. The molecule has 7 nitrogen and oxygen atoms in total. The standard InChI is InChI=1S/C17H22N6O/c1-3-23-15(19-12(2)21-23)10-13-6-5-9-22(11-13)17-20-16-14(24-17)7-4-8-18-16/h4,7-8,13H,3,5-6,9-11H2,1-2H3. The molecule has 0 radical (unpaired) electrons. The van der Waals surface area contributed by atoms with E-state index in [-0.39, 0.29) is 0 Å². The van der Waals surface area contributed by atoms with Gasteiger partial charge in [0.1, 0.15) is 11.6 Å². The Kier molecular flexibility index (Phi) is 3.92. The highest BCUT2D eigenvalue weighted by molar-refractivity contribution is 5.69. The predicted molar refractivity (Wildman–Crippen MR) is 90.9 cm³/mol. The summed E-state index contributed by atoms with van der Waals surface area (Å²) in [6.45, 7) is 6.83. The molecular formula is C17H22N6O. The van der Waals surface area contributed by atoms with Crippen molar-refractivity contribution >= 4 is 17.2 Å². The minimum absolute atomic E-state index is 0.538. The largest absolute Gasteiger partial charge is 0.422 e. The Morgan fingerprint density at radius 3 is 3.08 bits per heavy atom. The van der Waals surface area contributed by atoms with Gasteiger partial charge in [-0.15, -0.1) is 0 Å². The number of rotatable bonds is 4. The topological polar surface area (TPSA) is 72.9 Å². The second-order valence-electron chi connectivity index (χ2n) is 6.37. The number of nitrogens with zero attached hydrogens (tertiary/aromatic N) is 6. The summed E-state index contributed by atoms with van der Waals surface area (Å²) >= 11 is 0. The van der Waals surface area contributed by atoms with Gasteiger partial charge in [0.2, 0.25) is 5.65 Å². The van der Waals surface area contributed by atoms with E-state index in [0.29, 0.717) is 17.6 Å². The Hall–Kier alpha value is -2.44. The second-order valence-corrected chi connectivity index (χ2v) is 6.37. The van der Waals surface area contributed by atoms with E-state index in [2.05, 4.69) is 31.9 Å².